The van der Waals surface area contributed by atoms with Gasteiger partial charge in [-0.15, -0.1) is 0 Å². The van der Waals surface area contributed by atoms with Gasteiger partial charge in [0.25, 0.3) is 0 Å². The third kappa shape index (κ3) is 3.53. The third-order valence-electron chi connectivity index (χ3n) is 3.36. The second-order valence-electron chi connectivity index (χ2n) is 4.53. The molecular formula is C17H25N3O2. The zero-order valence-electron chi connectivity index (χ0n) is 14.0. The highest BCUT2D eigenvalue weighted by molar-refractivity contribution is 6.02. The maximum Gasteiger partial charge on any atom is 0.235 e. The molecule has 0 aliphatic carbocycles. The minimum absolute atomic E-state index is 0.198. The Bertz CT molecular complexity index is 646. The average Bonchev–Trinajstić information content (AvgIpc) is 2.89. The molecule has 1 saturated heterocycles. The normalized spacial score (nSPS) is 17.0. The first kappa shape index (κ1) is 17.9. The molecule has 5 heteroatoms. The van der Waals surface area contributed by atoms with Crippen molar-refractivity contribution in [1.82, 2.24) is 15.1 Å². The molecule has 0 spiro atoms. The number of amides is 2. The van der Waals surface area contributed by atoms with Gasteiger partial charge in [-0.3, -0.25) is 19.6 Å². The molecule has 0 radical (unpaired) electrons. The molecule has 1 N–H and O–H groups in total. The van der Waals surface area contributed by atoms with Crippen LogP contribution in [-0.4, -0.2) is 21.6 Å². The van der Waals surface area contributed by atoms with Crippen LogP contribution in [-0.2, 0) is 16.6 Å². The van der Waals surface area contributed by atoms with Crippen molar-refractivity contribution in [1.29, 1.82) is 0 Å². The quantitative estimate of drug-likeness (QED) is 0.823. The van der Waals surface area contributed by atoms with Gasteiger partial charge in [-0.05, 0) is 12.5 Å². The van der Waals surface area contributed by atoms with Gasteiger partial charge in [-0.25, -0.2) is 0 Å². The van der Waals surface area contributed by atoms with Gasteiger partial charge in [-0.1, -0.05) is 45.9 Å². The summed E-state index contributed by atoms with van der Waals surface area (Å²) in [4.78, 5) is 23.0. The van der Waals surface area contributed by atoms with Crippen LogP contribution in [0.2, 0.25) is 0 Å². The van der Waals surface area contributed by atoms with E-state index in [1.165, 1.54) is 0 Å². The summed E-state index contributed by atoms with van der Waals surface area (Å²) < 4.78 is 1.77. The summed E-state index contributed by atoms with van der Waals surface area (Å²) in [5.41, 5.74) is 1.76. The summed E-state index contributed by atoms with van der Waals surface area (Å²) >= 11 is 0. The Morgan fingerprint density at radius 2 is 1.77 bits per heavy atom. The molecule has 1 unspecified atom stereocenters. The highest BCUT2D eigenvalue weighted by Crippen LogP contribution is 2.29. The number of para-hydroxylation sites is 1. The van der Waals surface area contributed by atoms with Crippen molar-refractivity contribution in [3.05, 3.63) is 30.0 Å². The highest BCUT2D eigenvalue weighted by Gasteiger charge is 2.31. The number of nitrogens with one attached hydrogen (secondary N) is 1. The van der Waals surface area contributed by atoms with E-state index in [1.54, 1.807) is 4.68 Å². The number of aromatic nitrogens is 2. The Labute approximate surface area is 131 Å². The SMILES string of the molecule is CC.CC.Cn1nc(C2CCC(=O)NC2=O)c2ccccc21. The van der Waals surface area contributed by atoms with Crippen molar-refractivity contribution in [3.8, 4) is 0 Å². The number of hydrogen-bond acceptors (Lipinski definition) is 3. The Morgan fingerprint density at radius 1 is 1.14 bits per heavy atom. The van der Waals surface area contributed by atoms with Crippen LogP contribution in [0.25, 0.3) is 10.9 Å². The fourth-order valence-corrected chi connectivity index (χ4v) is 2.45. The first-order valence-electron chi connectivity index (χ1n) is 7.92. The number of fused-ring (bicyclic) bond motifs is 1. The summed E-state index contributed by atoms with van der Waals surface area (Å²) in [5.74, 6) is -0.764. The molecule has 1 atom stereocenters. The van der Waals surface area contributed by atoms with Crippen LogP contribution in [0.3, 0.4) is 0 Å². The summed E-state index contributed by atoms with van der Waals surface area (Å²) in [6, 6.07) is 7.80. The van der Waals surface area contributed by atoms with Gasteiger partial charge in [0.15, 0.2) is 0 Å². The number of benzene rings is 1. The van der Waals surface area contributed by atoms with E-state index in [4.69, 9.17) is 0 Å². The fraction of sp³-hybridized carbons (Fsp3) is 0.471. The van der Waals surface area contributed by atoms with Gasteiger partial charge in [0.2, 0.25) is 11.8 Å². The number of nitrogens with zero attached hydrogens (tertiary/aromatic N) is 2. The summed E-state index contributed by atoms with van der Waals surface area (Å²) in [7, 11) is 1.86. The maximum absolute atomic E-state index is 11.9. The molecule has 22 heavy (non-hydrogen) atoms. The van der Waals surface area contributed by atoms with E-state index in [1.807, 2.05) is 59.0 Å². The first-order chi connectivity index (χ1) is 10.7. The Morgan fingerprint density at radius 3 is 2.41 bits per heavy atom. The van der Waals surface area contributed by atoms with Crippen molar-refractivity contribution in [2.45, 2.75) is 46.5 Å². The Balaban J connectivity index is 0.000000561. The minimum Gasteiger partial charge on any atom is -0.296 e. The number of aryl methyl sites for hydroxylation is 1. The molecule has 2 aromatic rings. The minimum atomic E-state index is -0.325. The zero-order valence-corrected chi connectivity index (χ0v) is 14.0. The fourth-order valence-electron chi connectivity index (χ4n) is 2.45. The van der Waals surface area contributed by atoms with Crippen LogP contribution in [0, 0.1) is 0 Å². The number of piperidine rings is 1. The molecule has 0 bridgehead atoms. The predicted molar refractivity (Wildman–Crippen MR) is 88.5 cm³/mol. The number of carbonyl (C=O) groups excluding carboxylic acids is 2. The molecule has 1 aromatic heterocycles. The van der Waals surface area contributed by atoms with Gasteiger partial charge in [0, 0.05) is 18.9 Å². The molecule has 1 aliphatic heterocycles. The lowest BCUT2D eigenvalue weighted by Crippen LogP contribution is -2.39. The third-order valence-corrected chi connectivity index (χ3v) is 3.36. The number of hydrogen-bond donors (Lipinski definition) is 1. The van der Waals surface area contributed by atoms with Crippen LogP contribution >= 0.6 is 0 Å². The molecule has 1 aliphatic rings. The van der Waals surface area contributed by atoms with E-state index in [-0.39, 0.29) is 17.7 Å². The van der Waals surface area contributed by atoms with Crippen molar-refractivity contribution in [2.24, 2.45) is 7.05 Å². The monoisotopic (exact) mass is 303 g/mol. The lowest BCUT2D eigenvalue weighted by molar-refractivity contribution is -0.134. The second kappa shape index (κ2) is 8.32. The molecule has 1 fully saturated rings. The lowest BCUT2D eigenvalue weighted by atomic mass is 9.93. The predicted octanol–water partition coefficient (Wildman–Crippen LogP) is 3.15. The van der Waals surface area contributed by atoms with Crippen molar-refractivity contribution >= 4 is 22.7 Å². The van der Waals surface area contributed by atoms with Crippen LogP contribution in [0.5, 0.6) is 0 Å². The van der Waals surface area contributed by atoms with Crippen LogP contribution in [0.4, 0.5) is 0 Å². The van der Waals surface area contributed by atoms with E-state index in [2.05, 4.69) is 10.4 Å². The van der Waals surface area contributed by atoms with Gasteiger partial charge in [0.1, 0.15) is 0 Å². The van der Waals surface area contributed by atoms with E-state index in [0.717, 1.165) is 16.6 Å². The van der Waals surface area contributed by atoms with Gasteiger partial charge in [0.05, 0.1) is 17.1 Å². The van der Waals surface area contributed by atoms with Crippen LogP contribution in [0.1, 0.15) is 52.1 Å². The van der Waals surface area contributed by atoms with Gasteiger partial charge < -0.3 is 0 Å². The molecule has 120 valence electrons. The van der Waals surface area contributed by atoms with Crippen LogP contribution in [0.15, 0.2) is 24.3 Å². The topological polar surface area (TPSA) is 64.0 Å². The van der Waals surface area contributed by atoms with E-state index >= 15 is 0 Å². The summed E-state index contributed by atoms with van der Waals surface area (Å²) in [6.07, 6.45) is 0.910. The molecule has 3 rings (SSSR count). The molecule has 5 nitrogen and oxygen atoms in total. The number of rotatable bonds is 1. The van der Waals surface area contributed by atoms with Crippen molar-refractivity contribution in [2.75, 3.05) is 0 Å². The summed E-state index contributed by atoms with van der Waals surface area (Å²) in [6.45, 7) is 8.00. The molecular weight excluding hydrogens is 278 g/mol. The number of imide groups is 1. The Hall–Kier alpha value is -2.17. The Kier molecular flexibility index (Phi) is 6.76. The van der Waals surface area contributed by atoms with Crippen molar-refractivity contribution < 1.29 is 9.59 Å². The molecule has 2 heterocycles. The van der Waals surface area contributed by atoms with Gasteiger partial charge >= 0.3 is 0 Å². The highest BCUT2D eigenvalue weighted by atomic mass is 16.2. The van der Waals surface area contributed by atoms with Gasteiger partial charge in [-0.2, -0.15) is 5.10 Å². The van der Waals surface area contributed by atoms with E-state index < -0.39 is 0 Å². The number of carbonyl (C=O) groups is 2. The largest absolute Gasteiger partial charge is 0.296 e. The average molecular weight is 303 g/mol. The smallest absolute Gasteiger partial charge is 0.235 e. The standard InChI is InChI=1S/C13H13N3O2.2C2H6/c1-16-10-5-3-2-4-8(10)12(15-16)9-6-7-11(17)14-13(9)18;2*1-2/h2-5,9H,6-7H2,1H3,(H,14,17,18);2*1-2H3. The zero-order chi connectivity index (χ0) is 16.7. The second-order valence-corrected chi connectivity index (χ2v) is 4.53. The molecule has 2 amide bonds. The van der Waals surface area contributed by atoms with Crippen LogP contribution < -0.4 is 5.32 Å². The maximum atomic E-state index is 11.9. The van der Waals surface area contributed by atoms with E-state index in [9.17, 15) is 9.59 Å². The molecule has 0 saturated carbocycles. The molecule has 1 aromatic carbocycles. The lowest BCUT2D eigenvalue weighted by Gasteiger charge is -2.19. The van der Waals surface area contributed by atoms with Crippen molar-refractivity contribution in [3.63, 3.8) is 0 Å². The van der Waals surface area contributed by atoms with E-state index in [0.29, 0.717) is 12.8 Å². The first-order valence-corrected chi connectivity index (χ1v) is 7.92. The summed E-state index contributed by atoms with van der Waals surface area (Å²) in [5, 5.41) is 7.79.